The number of imide groups is 2. The van der Waals surface area contributed by atoms with E-state index >= 15 is 0 Å². The van der Waals surface area contributed by atoms with Crippen molar-refractivity contribution in [1.82, 2.24) is 10.1 Å². The minimum atomic E-state index is -0.950. The first-order valence-electron chi connectivity index (χ1n) is 10.1. The van der Waals surface area contributed by atoms with Crippen LogP contribution in [0.5, 0.6) is 11.5 Å². The van der Waals surface area contributed by atoms with Crippen LogP contribution in [0.2, 0.25) is 5.02 Å². The molecule has 11 heteroatoms. The van der Waals surface area contributed by atoms with E-state index in [2.05, 4.69) is 0 Å². The average molecular weight is 463 g/mol. The summed E-state index contributed by atoms with van der Waals surface area (Å²) in [6, 6.07) is 2.95. The number of hydroxylamine groups is 4. The van der Waals surface area contributed by atoms with Crippen LogP contribution in [-0.2, 0) is 19.2 Å². The molecule has 1 saturated carbocycles. The molecule has 3 fully saturated rings. The van der Waals surface area contributed by atoms with Gasteiger partial charge >= 0.3 is 0 Å². The van der Waals surface area contributed by atoms with E-state index in [9.17, 15) is 34.7 Å². The Balaban J connectivity index is 1.69. The van der Waals surface area contributed by atoms with Crippen molar-refractivity contribution in [1.29, 1.82) is 0 Å². The summed E-state index contributed by atoms with van der Waals surface area (Å²) in [5.41, 5.74) is 1.12. The molecule has 2 heterocycles. The predicted molar refractivity (Wildman–Crippen MR) is 104 cm³/mol. The topological polar surface area (TPSA) is 145 Å². The first-order valence-corrected chi connectivity index (χ1v) is 10.4. The van der Waals surface area contributed by atoms with E-state index in [-0.39, 0.29) is 39.5 Å². The number of halogens is 1. The minimum absolute atomic E-state index is 0.0291. The number of allylic oxidation sites excluding steroid dienone is 2. The Morgan fingerprint density at radius 1 is 0.938 bits per heavy atom. The van der Waals surface area contributed by atoms with Crippen LogP contribution in [0.1, 0.15) is 24.3 Å². The summed E-state index contributed by atoms with van der Waals surface area (Å²) in [5, 5.41) is 30.3. The predicted octanol–water partition coefficient (Wildman–Crippen LogP) is 1.47. The summed E-state index contributed by atoms with van der Waals surface area (Å²) in [4.78, 5) is 50.6. The molecule has 2 aliphatic heterocycles. The molecule has 10 nitrogen and oxygen atoms in total. The molecule has 0 radical (unpaired) electrons. The van der Waals surface area contributed by atoms with Gasteiger partial charge in [-0.25, -0.2) is 0 Å². The Bertz CT molecular complexity index is 1120. The summed E-state index contributed by atoms with van der Waals surface area (Å²) in [6.07, 6.45) is 2.02. The van der Waals surface area contributed by atoms with Crippen molar-refractivity contribution in [2.75, 3.05) is 7.11 Å². The van der Waals surface area contributed by atoms with Crippen molar-refractivity contribution in [2.45, 2.75) is 18.8 Å². The number of benzene rings is 1. The van der Waals surface area contributed by atoms with Gasteiger partial charge in [0.05, 0.1) is 35.8 Å². The molecule has 0 aromatic heterocycles. The molecule has 6 unspecified atom stereocenters. The van der Waals surface area contributed by atoms with Gasteiger partial charge in [0.15, 0.2) is 11.5 Å². The fraction of sp³-hybridized carbons (Fsp3) is 0.429. The maximum Gasteiger partial charge on any atom is 0.258 e. The number of hydrogen-bond donors (Lipinski definition) is 3. The molecule has 1 aromatic carbocycles. The van der Waals surface area contributed by atoms with Gasteiger partial charge in [-0.2, -0.15) is 10.1 Å². The Hall–Kier alpha value is -2.95. The smallest absolute Gasteiger partial charge is 0.258 e. The second-order valence-electron chi connectivity index (χ2n) is 8.55. The first kappa shape index (κ1) is 20.9. The van der Waals surface area contributed by atoms with Crippen LogP contribution in [-0.4, -0.2) is 56.4 Å². The largest absolute Gasteiger partial charge is 0.503 e. The SMILES string of the molecule is COc1cc(C2C3=CCC4C(=O)N(O)C(=O)C4C3CC3C(=O)N(O)C(=O)C32)cc(Cl)c1O. The third-order valence-electron chi connectivity index (χ3n) is 7.23. The molecule has 32 heavy (non-hydrogen) atoms. The highest BCUT2D eigenvalue weighted by Crippen LogP contribution is 2.58. The fourth-order valence-electron chi connectivity index (χ4n) is 5.86. The number of carbonyl (C=O) groups is 4. The number of fused-ring (bicyclic) bond motifs is 4. The van der Waals surface area contributed by atoms with E-state index in [0.717, 1.165) is 0 Å². The molecular weight excluding hydrogens is 444 g/mol. The van der Waals surface area contributed by atoms with Crippen molar-refractivity contribution in [3.63, 3.8) is 0 Å². The molecule has 6 atom stereocenters. The summed E-state index contributed by atoms with van der Waals surface area (Å²) >= 11 is 6.18. The maximum atomic E-state index is 12.9. The van der Waals surface area contributed by atoms with Crippen LogP contribution >= 0.6 is 11.6 Å². The minimum Gasteiger partial charge on any atom is -0.503 e. The van der Waals surface area contributed by atoms with Gasteiger partial charge in [-0.1, -0.05) is 23.3 Å². The van der Waals surface area contributed by atoms with Crippen LogP contribution in [0.4, 0.5) is 0 Å². The lowest BCUT2D eigenvalue weighted by Crippen LogP contribution is -2.43. The Morgan fingerprint density at radius 3 is 2.22 bits per heavy atom. The lowest BCUT2D eigenvalue weighted by molar-refractivity contribution is -0.174. The van der Waals surface area contributed by atoms with Gasteiger partial charge in [0.25, 0.3) is 23.6 Å². The van der Waals surface area contributed by atoms with Gasteiger partial charge in [-0.15, -0.1) is 0 Å². The number of amides is 4. The molecule has 168 valence electrons. The van der Waals surface area contributed by atoms with Gasteiger partial charge in [0.1, 0.15) is 0 Å². The summed E-state index contributed by atoms with van der Waals surface area (Å²) in [5.74, 6) is -8.07. The van der Waals surface area contributed by atoms with Gasteiger partial charge in [0, 0.05) is 5.92 Å². The highest BCUT2D eigenvalue weighted by Gasteiger charge is 2.62. The Morgan fingerprint density at radius 2 is 1.56 bits per heavy atom. The van der Waals surface area contributed by atoms with Gasteiger partial charge in [-0.3, -0.25) is 29.6 Å². The maximum absolute atomic E-state index is 12.9. The molecule has 3 N–H and O–H groups in total. The quantitative estimate of drug-likeness (QED) is 0.340. The van der Waals surface area contributed by atoms with Crippen molar-refractivity contribution in [2.24, 2.45) is 29.6 Å². The summed E-state index contributed by atoms with van der Waals surface area (Å²) in [7, 11) is 1.34. The van der Waals surface area contributed by atoms with Gasteiger partial charge in [0.2, 0.25) is 0 Å². The molecule has 1 aromatic rings. The highest BCUT2D eigenvalue weighted by atomic mass is 35.5. The van der Waals surface area contributed by atoms with E-state index < -0.39 is 59.1 Å². The van der Waals surface area contributed by atoms with Gasteiger partial charge < -0.3 is 9.84 Å². The fourth-order valence-corrected chi connectivity index (χ4v) is 6.08. The van der Waals surface area contributed by atoms with Crippen LogP contribution in [0.3, 0.4) is 0 Å². The molecule has 0 spiro atoms. The zero-order valence-corrected chi connectivity index (χ0v) is 17.5. The Labute approximate surface area is 186 Å². The van der Waals surface area contributed by atoms with Gasteiger partial charge in [-0.05, 0) is 36.5 Å². The molecule has 2 aliphatic carbocycles. The molecule has 5 rings (SSSR count). The first-order chi connectivity index (χ1) is 15.2. The van der Waals surface area contributed by atoms with E-state index in [1.54, 1.807) is 6.08 Å². The summed E-state index contributed by atoms with van der Waals surface area (Å²) < 4.78 is 5.18. The van der Waals surface area contributed by atoms with Crippen LogP contribution in [0, 0.1) is 29.6 Å². The number of aromatic hydroxyl groups is 1. The standard InChI is InChI=1S/C21H19ClN2O8/c1-32-13-5-7(4-12(22)17(13)25)14-8-2-3-9-15(20(28)23(30)18(9)26)10(8)6-11-16(14)21(29)24(31)19(11)27/h2,4-5,9-11,14-16,25,30-31H,3,6H2,1H3. The van der Waals surface area contributed by atoms with Crippen LogP contribution in [0.25, 0.3) is 0 Å². The number of phenolic OH excluding ortho intramolecular Hbond substituents is 1. The van der Waals surface area contributed by atoms with Crippen molar-refractivity contribution in [3.8, 4) is 11.5 Å². The second-order valence-corrected chi connectivity index (χ2v) is 8.96. The summed E-state index contributed by atoms with van der Waals surface area (Å²) in [6.45, 7) is 0. The number of methoxy groups -OCH3 is 1. The van der Waals surface area contributed by atoms with Crippen LogP contribution < -0.4 is 4.74 Å². The monoisotopic (exact) mass is 462 g/mol. The zero-order valence-electron chi connectivity index (χ0n) is 16.8. The number of rotatable bonds is 2. The lowest BCUT2D eigenvalue weighted by Gasteiger charge is -2.43. The van der Waals surface area contributed by atoms with E-state index in [1.165, 1.54) is 19.2 Å². The molecule has 0 bridgehead atoms. The molecule has 4 aliphatic rings. The van der Waals surface area contributed by atoms with Crippen molar-refractivity contribution < 1.29 is 39.4 Å². The molecule has 2 saturated heterocycles. The number of ether oxygens (including phenoxy) is 1. The second kappa shape index (κ2) is 7.03. The van der Waals surface area contributed by atoms with E-state index in [0.29, 0.717) is 11.1 Å². The molecular formula is C21H19ClN2O8. The Kier molecular flexibility index (Phi) is 4.59. The molecule has 4 amide bonds. The van der Waals surface area contributed by atoms with Crippen LogP contribution in [0.15, 0.2) is 23.8 Å². The highest BCUT2D eigenvalue weighted by molar-refractivity contribution is 6.32. The third kappa shape index (κ3) is 2.60. The third-order valence-corrected chi connectivity index (χ3v) is 7.52. The van der Waals surface area contributed by atoms with E-state index in [4.69, 9.17) is 16.3 Å². The normalized spacial score (nSPS) is 33.8. The zero-order chi connectivity index (χ0) is 23.1. The lowest BCUT2D eigenvalue weighted by atomic mass is 9.57. The number of phenols is 1. The number of carbonyl (C=O) groups excluding carboxylic acids is 4. The van der Waals surface area contributed by atoms with E-state index in [1.807, 2.05) is 0 Å². The number of nitrogens with zero attached hydrogens (tertiary/aromatic N) is 2. The van der Waals surface area contributed by atoms with Crippen molar-refractivity contribution in [3.05, 3.63) is 34.4 Å². The number of hydrogen-bond acceptors (Lipinski definition) is 8. The van der Waals surface area contributed by atoms with Crippen molar-refractivity contribution >= 4 is 35.2 Å². The average Bonchev–Trinajstić information content (AvgIpc) is 3.14.